The predicted octanol–water partition coefficient (Wildman–Crippen LogP) is 3.43. The summed E-state index contributed by atoms with van der Waals surface area (Å²) in [5.41, 5.74) is 6.86. The van der Waals surface area contributed by atoms with Gasteiger partial charge in [0.1, 0.15) is 0 Å². The number of nitrogens with zero attached hydrogens (tertiary/aromatic N) is 1. The first kappa shape index (κ1) is 13.7. The van der Waals surface area contributed by atoms with Gasteiger partial charge >= 0.3 is 0 Å². The van der Waals surface area contributed by atoms with Crippen LogP contribution in [-0.4, -0.2) is 24.4 Å². The predicted molar refractivity (Wildman–Crippen MR) is 81.8 cm³/mol. The Kier molecular flexibility index (Phi) is 3.63. The fourth-order valence-corrected chi connectivity index (χ4v) is 4.05. The Morgan fingerprint density at radius 3 is 2.80 bits per heavy atom. The Balaban J connectivity index is 1.65. The first-order chi connectivity index (χ1) is 9.54. The smallest absolute Gasteiger partial charge is 0.253 e. The monoisotopic (exact) mass is 292 g/mol. The van der Waals surface area contributed by atoms with E-state index >= 15 is 0 Å². The molecule has 2 saturated carbocycles. The zero-order valence-electron chi connectivity index (χ0n) is 11.8. The van der Waals surface area contributed by atoms with Crippen LogP contribution in [0.4, 0.5) is 5.69 Å². The molecule has 0 saturated heterocycles. The molecule has 20 heavy (non-hydrogen) atoms. The first-order valence-corrected chi connectivity index (χ1v) is 7.73. The third kappa shape index (κ3) is 2.51. The number of hydrogen-bond donors (Lipinski definition) is 1. The molecule has 4 heteroatoms. The lowest BCUT2D eigenvalue weighted by Crippen LogP contribution is -2.33. The molecule has 0 spiro atoms. The van der Waals surface area contributed by atoms with Crippen LogP contribution >= 0.6 is 11.6 Å². The number of fused-ring (bicyclic) bond motifs is 2. The van der Waals surface area contributed by atoms with Crippen molar-refractivity contribution in [2.45, 2.75) is 25.7 Å². The van der Waals surface area contributed by atoms with E-state index in [0.29, 0.717) is 22.2 Å². The molecule has 2 bridgehead atoms. The van der Waals surface area contributed by atoms with E-state index in [-0.39, 0.29) is 5.91 Å². The topological polar surface area (TPSA) is 46.3 Å². The molecule has 0 aromatic heterocycles. The van der Waals surface area contributed by atoms with E-state index in [1.165, 1.54) is 25.7 Å². The van der Waals surface area contributed by atoms with Gasteiger partial charge in [-0.3, -0.25) is 4.79 Å². The van der Waals surface area contributed by atoms with Gasteiger partial charge in [-0.2, -0.15) is 0 Å². The highest BCUT2D eigenvalue weighted by atomic mass is 35.5. The molecule has 108 valence electrons. The number of rotatable bonds is 3. The van der Waals surface area contributed by atoms with Crippen molar-refractivity contribution in [3.05, 3.63) is 28.8 Å². The van der Waals surface area contributed by atoms with Crippen LogP contribution in [0.5, 0.6) is 0 Å². The van der Waals surface area contributed by atoms with Crippen molar-refractivity contribution in [2.24, 2.45) is 17.8 Å². The van der Waals surface area contributed by atoms with Crippen LogP contribution in [-0.2, 0) is 0 Å². The van der Waals surface area contributed by atoms with Gasteiger partial charge in [0.15, 0.2) is 0 Å². The number of hydrogen-bond acceptors (Lipinski definition) is 2. The summed E-state index contributed by atoms with van der Waals surface area (Å²) in [4.78, 5) is 14.3. The molecule has 1 aromatic rings. The van der Waals surface area contributed by atoms with Crippen LogP contribution in [0.25, 0.3) is 0 Å². The third-order valence-electron chi connectivity index (χ3n) is 4.98. The SMILES string of the molecule is CN(CC1CC2CCC1C2)C(=O)c1ccc(Cl)c(N)c1. The van der Waals surface area contributed by atoms with E-state index in [4.69, 9.17) is 17.3 Å². The highest BCUT2D eigenvalue weighted by Crippen LogP contribution is 2.48. The summed E-state index contributed by atoms with van der Waals surface area (Å²) in [6, 6.07) is 5.11. The fraction of sp³-hybridized carbons (Fsp3) is 0.562. The minimum atomic E-state index is 0.0381. The van der Waals surface area contributed by atoms with E-state index in [9.17, 15) is 4.79 Å². The first-order valence-electron chi connectivity index (χ1n) is 7.35. The fourth-order valence-electron chi connectivity index (χ4n) is 3.93. The van der Waals surface area contributed by atoms with Gasteiger partial charge in [0, 0.05) is 19.2 Å². The van der Waals surface area contributed by atoms with Crippen LogP contribution < -0.4 is 5.73 Å². The van der Waals surface area contributed by atoms with Crippen LogP contribution in [0.15, 0.2) is 18.2 Å². The molecule has 0 heterocycles. The van der Waals surface area contributed by atoms with Crippen molar-refractivity contribution in [3.8, 4) is 0 Å². The molecule has 3 unspecified atom stereocenters. The molecule has 2 fully saturated rings. The average Bonchev–Trinajstić information content (AvgIpc) is 3.03. The minimum Gasteiger partial charge on any atom is -0.398 e. The highest BCUT2D eigenvalue weighted by molar-refractivity contribution is 6.33. The maximum Gasteiger partial charge on any atom is 0.253 e. The zero-order valence-corrected chi connectivity index (χ0v) is 12.6. The van der Waals surface area contributed by atoms with E-state index in [1.54, 1.807) is 18.2 Å². The lowest BCUT2D eigenvalue weighted by Gasteiger charge is -2.27. The van der Waals surface area contributed by atoms with Gasteiger partial charge < -0.3 is 10.6 Å². The Morgan fingerprint density at radius 2 is 2.20 bits per heavy atom. The lowest BCUT2D eigenvalue weighted by atomic mass is 9.88. The summed E-state index contributed by atoms with van der Waals surface area (Å²) < 4.78 is 0. The third-order valence-corrected chi connectivity index (χ3v) is 5.33. The number of nitrogen functional groups attached to an aromatic ring is 1. The van der Waals surface area contributed by atoms with Gasteiger partial charge in [-0.05, 0) is 55.2 Å². The number of nitrogens with two attached hydrogens (primary N) is 1. The quantitative estimate of drug-likeness (QED) is 0.868. The van der Waals surface area contributed by atoms with Crippen LogP contribution in [0, 0.1) is 17.8 Å². The van der Waals surface area contributed by atoms with Crippen molar-refractivity contribution in [1.29, 1.82) is 0 Å². The highest BCUT2D eigenvalue weighted by Gasteiger charge is 2.40. The molecular weight excluding hydrogens is 272 g/mol. The van der Waals surface area contributed by atoms with E-state index in [1.807, 2.05) is 11.9 Å². The van der Waals surface area contributed by atoms with E-state index < -0.39 is 0 Å². The molecule has 0 radical (unpaired) electrons. The van der Waals surface area contributed by atoms with Gasteiger partial charge in [0.05, 0.1) is 10.7 Å². The molecule has 0 aliphatic heterocycles. The summed E-state index contributed by atoms with van der Waals surface area (Å²) >= 11 is 5.90. The van der Waals surface area contributed by atoms with Gasteiger partial charge in [0.2, 0.25) is 0 Å². The number of anilines is 1. The summed E-state index contributed by atoms with van der Waals surface area (Å²) in [5.74, 6) is 2.48. The van der Waals surface area contributed by atoms with Gasteiger partial charge in [-0.1, -0.05) is 18.0 Å². The molecule has 3 rings (SSSR count). The van der Waals surface area contributed by atoms with Crippen molar-refractivity contribution < 1.29 is 4.79 Å². The second-order valence-electron chi connectivity index (χ2n) is 6.36. The van der Waals surface area contributed by atoms with Gasteiger partial charge in [0.25, 0.3) is 5.91 Å². The Labute approximate surface area is 125 Å². The molecule has 1 aromatic carbocycles. The zero-order chi connectivity index (χ0) is 14.3. The number of halogens is 1. The van der Waals surface area contributed by atoms with Crippen molar-refractivity contribution in [2.75, 3.05) is 19.3 Å². The standard InChI is InChI=1S/C16H21ClN2O/c1-19(9-13-7-10-2-3-11(13)6-10)16(20)12-4-5-14(17)15(18)8-12/h4-5,8,10-11,13H,2-3,6-7,9,18H2,1H3. The summed E-state index contributed by atoms with van der Waals surface area (Å²) in [5, 5.41) is 0.498. The van der Waals surface area contributed by atoms with Gasteiger partial charge in [-0.25, -0.2) is 0 Å². The Bertz CT molecular complexity index is 531. The van der Waals surface area contributed by atoms with Crippen LogP contribution in [0.1, 0.15) is 36.0 Å². The summed E-state index contributed by atoms with van der Waals surface area (Å²) in [6.07, 6.45) is 5.42. The molecule has 1 amide bonds. The van der Waals surface area contributed by atoms with Crippen LogP contribution in [0.3, 0.4) is 0 Å². The van der Waals surface area contributed by atoms with Crippen LogP contribution in [0.2, 0.25) is 5.02 Å². The maximum atomic E-state index is 12.4. The normalized spacial score (nSPS) is 27.8. The van der Waals surface area contributed by atoms with E-state index in [0.717, 1.165) is 18.4 Å². The molecule has 3 atom stereocenters. The average molecular weight is 293 g/mol. The molecule has 2 aliphatic rings. The Morgan fingerprint density at radius 1 is 1.40 bits per heavy atom. The van der Waals surface area contributed by atoms with Crippen molar-refractivity contribution >= 4 is 23.2 Å². The maximum absolute atomic E-state index is 12.4. The minimum absolute atomic E-state index is 0.0381. The van der Waals surface area contributed by atoms with E-state index in [2.05, 4.69) is 0 Å². The Hall–Kier alpha value is -1.22. The molecule has 2 N–H and O–H groups in total. The lowest BCUT2D eigenvalue weighted by molar-refractivity contribution is 0.0754. The number of carbonyl (C=O) groups excluding carboxylic acids is 1. The van der Waals surface area contributed by atoms with Crippen molar-refractivity contribution in [1.82, 2.24) is 4.90 Å². The summed E-state index contributed by atoms with van der Waals surface area (Å²) in [6.45, 7) is 0.864. The number of carbonyl (C=O) groups is 1. The largest absolute Gasteiger partial charge is 0.398 e. The number of benzene rings is 1. The molecular formula is C16H21ClN2O. The second-order valence-corrected chi connectivity index (χ2v) is 6.76. The second kappa shape index (κ2) is 5.28. The molecule has 3 nitrogen and oxygen atoms in total. The molecule has 2 aliphatic carbocycles. The van der Waals surface area contributed by atoms with Crippen molar-refractivity contribution in [3.63, 3.8) is 0 Å². The van der Waals surface area contributed by atoms with Gasteiger partial charge in [-0.15, -0.1) is 0 Å². The number of amides is 1. The summed E-state index contributed by atoms with van der Waals surface area (Å²) in [7, 11) is 1.89.